The van der Waals surface area contributed by atoms with E-state index in [0.717, 1.165) is 27.1 Å². The highest BCUT2D eigenvalue weighted by molar-refractivity contribution is 9.10. The number of benzene rings is 1. The summed E-state index contributed by atoms with van der Waals surface area (Å²) < 4.78 is 2.97. The molecule has 0 aliphatic carbocycles. The highest BCUT2D eigenvalue weighted by Crippen LogP contribution is 2.28. The van der Waals surface area contributed by atoms with Gasteiger partial charge in [0.15, 0.2) is 5.65 Å². The van der Waals surface area contributed by atoms with E-state index >= 15 is 0 Å². The lowest BCUT2D eigenvalue weighted by molar-refractivity contribution is 0.839. The predicted octanol–water partition coefficient (Wildman–Crippen LogP) is 5.05. The molecule has 0 saturated carbocycles. The van der Waals surface area contributed by atoms with E-state index in [1.165, 1.54) is 5.56 Å². The van der Waals surface area contributed by atoms with Gasteiger partial charge in [-0.1, -0.05) is 32.0 Å². The summed E-state index contributed by atoms with van der Waals surface area (Å²) in [6.07, 6.45) is 1.79. The molecule has 0 aliphatic heterocycles. The van der Waals surface area contributed by atoms with Crippen LogP contribution in [0.1, 0.15) is 31.2 Å². The zero-order valence-corrected chi connectivity index (χ0v) is 14.2. The summed E-state index contributed by atoms with van der Waals surface area (Å²) in [5.74, 6) is 1.57. The van der Waals surface area contributed by atoms with Crippen LogP contribution in [0.2, 0.25) is 0 Å². The number of rotatable bonds is 3. The van der Waals surface area contributed by atoms with Crippen molar-refractivity contribution < 1.29 is 0 Å². The minimum atomic E-state index is 0.348. The van der Waals surface area contributed by atoms with Crippen LogP contribution in [0.15, 0.2) is 41.0 Å². The lowest BCUT2D eigenvalue weighted by Crippen LogP contribution is -2.05. The molecule has 0 radical (unpaired) electrons. The number of halogens is 2. The van der Waals surface area contributed by atoms with E-state index < -0.39 is 0 Å². The number of hydrogen-bond donors (Lipinski definition) is 0. The summed E-state index contributed by atoms with van der Waals surface area (Å²) in [5.41, 5.74) is 4.04. The van der Waals surface area contributed by atoms with Crippen molar-refractivity contribution in [3.8, 4) is 5.69 Å². The molecule has 0 spiro atoms. The van der Waals surface area contributed by atoms with Crippen molar-refractivity contribution in [3.63, 3.8) is 0 Å². The fourth-order valence-corrected chi connectivity index (χ4v) is 3.01. The van der Waals surface area contributed by atoms with Crippen LogP contribution in [0.4, 0.5) is 0 Å². The van der Waals surface area contributed by atoms with Gasteiger partial charge < -0.3 is 0 Å². The molecule has 0 aliphatic rings. The standard InChI is InChI=1S/C16H15BrClN3/c1-10(2)12-5-3-4-6-14(12)21-15(8-18)20-13-7-11(17)9-19-16(13)21/h3-7,9-10H,8H2,1-2H3. The van der Waals surface area contributed by atoms with Gasteiger partial charge in [0, 0.05) is 10.7 Å². The molecule has 0 atom stereocenters. The van der Waals surface area contributed by atoms with Crippen LogP contribution < -0.4 is 0 Å². The first-order chi connectivity index (χ1) is 10.1. The fourth-order valence-electron chi connectivity index (χ4n) is 2.51. The number of fused-ring (bicyclic) bond motifs is 1. The number of aromatic nitrogens is 3. The molecule has 0 unspecified atom stereocenters. The summed E-state index contributed by atoms with van der Waals surface area (Å²) in [6.45, 7) is 4.37. The van der Waals surface area contributed by atoms with E-state index in [1.807, 2.05) is 12.1 Å². The van der Waals surface area contributed by atoms with Gasteiger partial charge in [0.25, 0.3) is 0 Å². The normalized spacial score (nSPS) is 11.5. The van der Waals surface area contributed by atoms with Crippen molar-refractivity contribution in [3.05, 3.63) is 52.4 Å². The fraction of sp³-hybridized carbons (Fsp3) is 0.250. The topological polar surface area (TPSA) is 30.7 Å². The molecule has 5 heteroatoms. The number of imidazole rings is 1. The maximum Gasteiger partial charge on any atom is 0.164 e. The first kappa shape index (κ1) is 14.5. The van der Waals surface area contributed by atoms with Crippen LogP contribution >= 0.6 is 27.5 Å². The first-order valence-electron chi connectivity index (χ1n) is 6.80. The van der Waals surface area contributed by atoms with E-state index in [9.17, 15) is 0 Å². The van der Waals surface area contributed by atoms with Gasteiger partial charge in [-0.25, -0.2) is 9.97 Å². The summed E-state index contributed by atoms with van der Waals surface area (Å²) in [7, 11) is 0. The van der Waals surface area contributed by atoms with E-state index in [0.29, 0.717) is 11.8 Å². The predicted molar refractivity (Wildman–Crippen MR) is 90.2 cm³/mol. The Labute approximate surface area is 137 Å². The minimum absolute atomic E-state index is 0.348. The van der Waals surface area contributed by atoms with Gasteiger partial charge in [0.05, 0.1) is 11.6 Å². The minimum Gasteiger partial charge on any atom is -0.279 e. The molecule has 21 heavy (non-hydrogen) atoms. The summed E-state index contributed by atoms with van der Waals surface area (Å²) in [4.78, 5) is 9.13. The molecule has 0 N–H and O–H groups in total. The molecule has 3 nitrogen and oxygen atoms in total. The molecule has 0 saturated heterocycles. The van der Waals surface area contributed by atoms with Crippen molar-refractivity contribution >= 4 is 38.7 Å². The number of nitrogens with zero attached hydrogens (tertiary/aromatic N) is 3. The highest BCUT2D eigenvalue weighted by atomic mass is 79.9. The molecular formula is C16H15BrClN3. The highest BCUT2D eigenvalue weighted by Gasteiger charge is 2.16. The number of alkyl halides is 1. The summed E-state index contributed by atoms with van der Waals surface area (Å²) in [6, 6.07) is 10.3. The van der Waals surface area contributed by atoms with E-state index in [4.69, 9.17) is 11.6 Å². The second-order valence-electron chi connectivity index (χ2n) is 5.21. The third-order valence-corrected chi connectivity index (χ3v) is 4.13. The Morgan fingerprint density at radius 1 is 1.29 bits per heavy atom. The van der Waals surface area contributed by atoms with E-state index in [1.54, 1.807) is 6.20 Å². The molecular weight excluding hydrogens is 350 g/mol. The molecule has 1 aromatic carbocycles. The van der Waals surface area contributed by atoms with Crippen molar-refractivity contribution in [2.24, 2.45) is 0 Å². The van der Waals surface area contributed by atoms with Crippen molar-refractivity contribution in [2.75, 3.05) is 0 Å². The van der Waals surface area contributed by atoms with Gasteiger partial charge >= 0.3 is 0 Å². The second-order valence-corrected chi connectivity index (χ2v) is 6.39. The van der Waals surface area contributed by atoms with Gasteiger partial charge in [-0.05, 0) is 39.5 Å². The average molecular weight is 365 g/mol. The third kappa shape index (κ3) is 2.58. The maximum absolute atomic E-state index is 6.10. The quantitative estimate of drug-likeness (QED) is 0.609. The lowest BCUT2D eigenvalue weighted by atomic mass is 10.0. The van der Waals surface area contributed by atoms with Gasteiger partial charge in [-0.3, -0.25) is 4.57 Å². The SMILES string of the molecule is CC(C)c1ccccc1-n1c(CCl)nc2cc(Br)cnc21. The molecule has 2 heterocycles. The third-order valence-electron chi connectivity index (χ3n) is 3.45. The zero-order valence-electron chi connectivity index (χ0n) is 11.8. The van der Waals surface area contributed by atoms with Gasteiger partial charge in [-0.15, -0.1) is 11.6 Å². The Bertz CT molecular complexity index is 795. The molecule has 108 valence electrons. The van der Waals surface area contributed by atoms with Crippen LogP contribution in [0, 0.1) is 0 Å². The Morgan fingerprint density at radius 3 is 2.76 bits per heavy atom. The smallest absolute Gasteiger partial charge is 0.164 e. The van der Waals surface area contributed by atoms with Gasteiger partial charge in [0.1, 0.15) is 11.3 Å². The van der Waals surface area contributed by atoms with Crippen molar-refractivity contribution in [1.82, 2.24) is 14.5 Å². The number of pyridine rings is 1. The van der Waals surface area contributed by atoms with Crippen molar-refractivity contribution in [2.45, 2.75) is 25.6 Å². The first-order valence-corrected chi connectivity index (χ1v) is 8.12. The monoisotopic (exact) mass is 363 g/mol. The van der Waals surface area contributed by atoms with Crippen LogP contribution in [0.3, 0.4) is 0 Å². The van der Waals surface area contributed by atoms with E-state index in [-0.39, 0.29) is 0 Å². The van der Waals surface area contributed by atoms with Crippen LogP contribution in [0.5, 0.6) is 0 Å². The lowest BCUT2D eigenvalue weighted by Gasteiger charge is -2.15. The van der Waals surface area contributed by atoms with Crippen LogP contribution in [-0.2, 0) is 5.88 Å². The Morgan fingerprint density at radius 2 is 2.05 bits per heavy atom. The number of para-hydroxylation sites is 1. The molecule has 3 rings (SSSR count). The van der Waals surface area contributed by atoms with E-state index in [2.05, 4.69) is 62.5 Å². The Balaban J connectivity index is 2.34. The van der Waals surface area contributed by atoms with Crippen LogP contribution in [-0.4, -0.2) is 14.5 Å². The molecule has 0 amide bonds. The number of hydrogen-bond acceptors (Lipinski definition) is 2. The molecule has 3 aromatic rings. The Kier molecular flexibility index (Phi) is 4.00. The molecule has 2 aromatic heterocycles. The zero-order chi connectivity index (χ0) is 15.0. The van der Waals surface area contributed by atoms with Crippen molar-refractivity contribution in [1.29, 1.82) is 0 Å². The summed E-state index contributed by atoms with van der Waals surface area (Å²) in [5, 5.41) is 0. The average Bonchev–Trinajstić information content (AvgIpc) is 2.84. The largest absolute Gasteiger partial charge is 0.279 e. The Hall–Kier alpha value is -1.39. The van der Waals surface area contributed by atoms with Crippen LogP contribution in [0.25, 0.3) is 16.9 Å². The summed E-state index contributed by atoms with van der Waals surface area (Å²) >= 11 is 9.54. The second kappa shape index (κ2) is 5.78. The molecule has 0 fully saturated rings. The molecule has 0 bridgehead atoms. The van der Waals surface area contributed by atoms with Gasteiger partial charge in [0.2, 0.25) is 0 Å². The van der Waals surface area contributed by atoms with Gasteiger partial charge in [-0.2, -0.15) is 0 Å². The maximum atomic E-state index is 6.10.